The first kappa shape index (κ1) is 7.96. The molecule has 8 heavy (non-hydrogen) atoms. The molecule has 1 nitrogen and oxygen atoms in total. The Bertz CT molecular complexity index is 29.4. The SMILES string of the molecule is CCCCCC[NH2+]C. The number of unbranched alkanes of at least 4 members (excludes halogenated alkanes) is 3. The predicted molar refractivity (Wildman–Crippen MR) is 36.9 cm³/mol. The second-order valence-electron chi connectivity index (χ2n) is 2.26. The molecule has 0 radical (unpaired) electrons. The van der Waals surface area contributed by atoms with Crippen LogP contribution in [0.1, 0.15) is 32.6 Å². The van der Waals surface area contributed by atoms with Gasteiger partial charge in [0.05, 0.1) is 13.6 Å². The van der Waals surface area contributed by atoms with Gasteiger partial charge in [0.1, 0.15) is 0 Å². The molecule has 0 bridgehead atoms. The Balaban J connectivity index is 2.53. The minimum absolute atomic E-state index is 1.31. The normalized spacial score (nSPS) is 9.75. The summed E-state index contributed by atoms with van der Waals surface area (Å²) in [5.41, 5.74) is 0. The Kier molecular flexibility index (Phi) is 6.93. The number of quaternary nitrogens is 1. The fourth-order valence-corrected chi connectivity index (χ4v) is 0.775. The smallest absolute Gasteiger partial charge is 0.0753 e. The lowest BCUT2D eigenvalue weighted by molar-refractivity contribution is -0.627. The highest BCUT2D eigenvalue weighted by atomic mass is 14.8. The zero-order chi connectivity index (χ0) is 6.24. The first-order valence-electron chi connectivity index (χ1n) is 3.69. The van der Waals surface area contributed by atoms with Crippen LogP contribution in [0.3, 0.4) is 0 Å². The lowest BCUT2D eigenvalue weighted by Gasteiger charge is -1.93. The second-order valence-corrected chi connectivity index (χ2v) is 2.26. The molecular weight excluding hydrogens is 98.1 g/mol. The van der Waals surface area contributed by atoms with Gasteiger partial charge in [0.2, 0.25) is 0 Å². The lowest BCUT2D eigenvalue weighted by atomic mass is 10.2. The van der Waals surface area contributed by atoms with Crippen LogP contribution in [0, 0.1) is 0 Å². The van der Waals surface area contributed by atoms with Crippen LogP contribution in [0.15, 0.2) is 0 Å². The van der Waals surface area contributed by atoms with Gasteiger partial charge in [-0.15, -0.1) is 0 Å². The van der Waals surface area contributed by atoms with Crippen LogP contribution >= 0.6 is 0 Å². The van der Waals surface area contributed by atoms with Crippen molar-refractivity contribution in [3.05, 3.63) is 0 Å². The summed E-state index contributed by atoms with van der Waals surface area (Å²) in [5, 5.41) is 2.25. The molecule has 0 fully saturated rings. The largest absolute Gasteiger partial charge is 0.349 e. The van der Waals surface area contributed by atoms with Crippen LogP contribution in [-0.4, -0.2) is 13.6 Å². The van der Waals surface area contributed by atoms with E-state index in [0.29, 0.717) is 0 Å². The van der Waals surface area contributed by atoms with Crippen molar-refractivity contribution in [1.82, 2.24) is 0 Å². The third kappa shape index (κ3) is 5.96. The molecular formula is C7H18N+. The first-order valence-corrected chi connectivity index (χ1v) is 3.69. The molecule has 0 saturated carbocycles. The topological polar surface area (TPSA) is 16.6 Å². The minimum atomic E-state index is 1.31. The third-order valence-electron chi connectivity index (χ3n) is 1.35. The summed E-state index contributed by atoms with van der Waals surface area (Å²) in [6, 6.07) is 0. The van der Waals surface area contributed by atoms with Crippen LogP contribution < -0.4 is 5.32 Å². The maximum atomic E-state index is 2.25. The van der Waals surface area contributed by atoms with Crippen molar-refractivity contribution in [2.24, 2.45) is 0 Å². The number of nitrogens with two attached hydrogens (primary N) is 1. The molecule has 1 heteroatoms. The van der Waals surface area contributed by atoms with Crippen molar-refractivity contribution in [1.29, 1.82) is 0 Å². The first-order chi connectivity index (χ1) is 3.91. The van der Waals surface area contributed by atoms with Crippen molar-refractivity contribution >= 4 is 0 Å². The van der Waals surface area contributed by atoms with Crippen molar-refractivity contribution in [3.63, 3.8) is 0 Å². The molecule has 0 spiro atoms. The molecule has 50 valence electrons. The highest BCUT2D eigenvalue weighted by Gasteiger charge is 1.84. The minimum Gasteiger partial charge on any atom is -0.349 e. The molecule has 0 aromatic carbocycles. The van der Waals surface area contributed by atoms with E-state index in [9.17, 15) is 0 Å². The summed E-state index contributed by atoms with van der Waals surface area (Å²) in [6.45, 7) is 3.55. The highest BCUT2D eigenvalue weighted by Crippen LogP contribution is 1.95. The van der Waals surface area contributed by atoms with Crippen molar-refractivity contribution in [2.45, 2.75) is 32.6 Å². The summed E-state index contributed by atoms with van der Waals surface area (Å²) in [6.07, 6.45) is 5.57. The Hall–Kier alpha value is -0.0400. The zero-order valence-corrected chi connectivity index (χ0v) is 6.11. The van der Waals surface area contributed by atoms with Gasteiger partial charge in [0.15, 0.2) is 0 Å². The van der Waals surface area contributed by atoms with Crippen LogP contribution in [-0.2, 0) is 0 Å². The standard InChI is InChI=1S/C7H17N/c1-3-4-5-6-7-8-2/h8H,3-7H2,1-2H3/p+1. The summed E-state index contributed by atoms with van der Waals surface area (Å²) in [5.74, 6) is 0. The van der Waals surface area contributed by atoms with Gasteiger partial charge < -0.3 is 5.32 Å². The lowest BCUT2D eigenvalue weighted by Crippen LogP contribution is -2.79. The molecule has 0 aliphatic rings. The van der Waals surface area contributed by atoms with Gasteiger partial charge >= 0.3 is 0 Å². The molecule has 0 amide bonds. The van der Waals surface area contributed by atoms with Gasteiger partial charge in [-0.05, 0) is 12.8 Å². The molecule has 0 aromatic rings. The molecule has 0 aliphatic heterocycles. The summed E-state index contributed by atoms with van der Waals surface area (Å²) in [7, 11) is 2.13. The van der Waals surface area contributed by atoms with Crippen LogP contribution in [0.5, 0.6) is 0 Å². The number of rotatable bonds is 5. The van der Waals surface area contributed by atoms with Gasteiger partial charge in [0, 0.05) is 0 Å². The average molecular weight is 116 g/mol. The van der Waals surface area contributed by atoms with E-state index in [1.165, 1.54) is 32.2 Å². The van der Waals surface area contributed by atoms with E-state index in [2.05, 4.69) is 19.3 Å². The monoisotopic (exact) mass is 116 g/mol. The van der Waals surface area contributed by atoms with E-state index < -0.39 is 0 Å². The van der Waals surface area contributed by atoms with E-state index in [0.717, 1.165) is 0 Å². The Morgan fingerprint density at radius 3 is 2.38 bits per heavy atom. The number of hydrogen-bond donors (Lipinski definition) is 1. The zero-order valence-electron chi connectivity index (χ0n) is 6.11. The van der Waals surface area contributed by atoms with Gasteiger partial charge in [0.25, 0.3) is 0 Å². The predicted octanol–water partition coefficient (Wildman–Crippen LogP) is 0.760. The Labute approximate surface area is 52.5 Å². The quantitative estimate of drug-likeness (QED) is 0.511. The average Bonchev–Trinajstić information content (AvgIpc) is 1.81. The van der Waals surface area contributed by atoms with E-state index in [-0.39, 0.29) is 0 Å². The molecule has 0 heterocycles. The van der Waals surface area contributed by atoms with E-state index in [1.54, 1.807) is 0 Å². The van der Waals surface area contributed by atoms with Gasteiger partial charge in [-0.3, -0.25) is 0 Å². The van der Waals surface area contributed by atoms with Crippen molar-refractivity contribution in [2.75, 3.05) is 13.6 Å². The molecule has 2 N–H and O–H groups in total. The van der Waals surface area contributed by atoms with Crippen LogP contribution in [0.4, 0.5) is 0 Å². The maximum absolute atomic E-state index is 2.25. The third-order valence-corrected chi connectivity index (χ3v) is 1.35. The van der Waals surface area contributed by atoms with Gasteiger partial charge in [-0.1, -0.05) is 19.8 Å². The van der Waals surface area contributed by atoms with E-state index in [4.69, 9.17) is 0 Å². The maximum Gasteiger partial charge on any atom is 0.0753 e. The van der Waals surface area contributed by atoms with Crippen LogP contribution in [0.25, 0.3) is 0 Å². The molecule has 0 saturated heterocycles. The van der Waals surface area contributed by atoms with Crippen LogP contribution in [0.2, 0.25) is 0 Å². The summed E-state index contributed by atoms with van der Waals surface area (Å²) in [4.78, 5) is 0. The molecule has 0 atom stereocenters. The Morgan fingerprint density at radius 1 is 1.12 bits per heavy atom. The molecule has 0 rings (SSSR count). The second kappa shape index (κ2) is 6.96. The van der Waals surface area contributed by atoms with Gasteiger partial charge in [-0.25, -0.2) is 0 Å². The van der Waals surface area contributed by atoms with Crippen molar-refractivity contribution in [3.8, 4) is 0 Å². The highest BCUT2D eigenvalue weighted by molar-refractivity contribution is 4.35. The summed E-state index contributed by atoms with van der Waals surface area (Å²) >= 11 is 0. The molecule has 0 unspecified atom stereocenters. The molecule has 0 aliphatic carbocycles. The van der Waals surface area contributed by atoms with E-state index in [1.807, 2.05) is 0 Å². The summed E-state index contributed by atoms with van der Waals surface area (Å²) < 4.78 is 0. The molecule has 0 aromatic heterocycles. The number of hydrogen-bond acceptors (Lipinski definition) is 0. The van der Waals surface area contributed by atoms with Gasteiger partial charge in [-0.2, -0.15) is 0 Å². The fraction of sp³-hybridized carbons (Fsp3) is 1.00. The van der Waals surface area contributed by atoms with Crippen molar-refractivity contribution < 1.29 is 5.32 Å². The fourth-order valence-electron chi connectivity index (χ4n) is 0.775. The Morgan fingerprint density at radius 2 is 1.88 bits per heavy atom. The van der Waals surface area contributed by atoms with E-state index >= 15 is 0 Å².